The summed E-state index contributed by atoms with van der Waals surface area (Å²) in [7, 11) is 0. The van der Waals surface area contributed by atoms with Crippen molar-refractivity contribution in [3.05, 3.63) is 0 Å². The van der Waals surface area contributed by atoms with Gasteiger partial charge in [-0.1, -0.05) is 52.4 Å². The van der Waals surface area contributed by atoms with E-state index in [1.807, 2.05) is 0 Å². The molecule has 0 atom stereocenters. The van der Waals surface area contributed by atoms with E-state index in [1.54, 1.807) is 0 Å². The maximum absolute atomic E-state index is 5.48. The molecule has 0 saturated carbocycles. The van der Waals surface area contributed by atoms with Gasteiger partial charge in [-0.05, 0) is 12.8 Å². The van der Waals surface area contributed by atoms with E-state index in [-0.39, 0.29) is 0 Å². The molecule has 0 aromatic heterocycles. The van der Waals surface area contributed by atoms with Crippen molar-refractivity contribution in [3.63, 3.8) is 0 Å². The molecule has 0 radical (unpaired) electrons. The van der Waals surface area contributed by atoms with E-state index < -0.39 is 0 Å². The zero-order valence-electron chi connectivity index (χ0n) is 11.3. The summed E-state index contributed by atoms with van der Waals surface area (Å²) in [6.07, 6.45) is 10.2. The minimum absolute atomic E-state index is 0.764. The largest absolute Gasteiger partial charge is 0.379 e. The summed E-state index contributed by atoms with van der Waals surface area (Å²) in [6.45, 7) is 7.79. The smallest absolute Gasteiger partial charge is 0.0700 e. The van der Waals surface area contributed by atoms with Crippen LogP contribution in [0, 0.1) is 0 Å². The third-order valence-corrected chi connectivity index (χ3v) is 2.66. The molecule has 0 spiro atoms. The summed E-state index contributed by atoms with van der Waals surface area (Å²) in [5.41, 5.74) is 0. The Morgan fingerprint density at radius 2 is 0.938 bits per heavy atom. The van der Waals surface area contributed by atoms with E-state index in [9.17, 15) is 0 Å². The monoisotopic (exact) mass is 230 g/mol. The Morgan fingerprint density at radius 3 is 1.31 bits per heavy atom. The van der Waals surface area contributed by atoms with Gasteiger partial charge in [-0.15, -0.1) is 0 Å². The summed E-state index contributed by atoms with van der Waals surface area (Å²) in [5.74, 6) is 0. The van der Waals surface area contributed by atoms with Gasteiger partial charge in [-0.25, -0.2) is 0 Å². The van der Waals surface area contributed by atoms with Gasteiger partial charge in [-0.2, -0.15) is 0 Å². The van der Waals surface area contributed by atoms with Gasteiger partial charge in [0.15, 0.2) is 0 Å². The minimum Gasteiger partial charge on any atom is -0.379 e. The predicted octanol–water partition coefficient (Wildman–Crippen LogP) is 4.18. The molecular formula is C14H30O2. The summed E-state index contributed by atoms with van der Waals surface area (Å²) < 4.78 is 11.0. The molecule has 16 heavy (non-hydrogen) atoms. The first kappa shape index (κ1) is 15.9. The molecule has 98 valence electrons. The topological polar surface area (TPSA) is 18.5 Å². The highest BCUT2D eigenvalue weighted by Gasteiger charge is 1.91. The fraction of sp³-hybridized carbons (Fsp3) is 1.00. The Hall–Kier alpha value is -0.0800. The van der Waals surface area contributed by atoms with Crippen molar-refractivity contribution in [2.24, 2.45) is 0 Å². The predicted molar refractivity (Wildman–Crippen MR) is 69.9 cm³/mol. The van der Waals surface area contributed by atoms with Crippen LogP contribution in [0.15, 0.2) is 0 Å². The van der Waals surface area contributed by atoms with Gasteiger partial charge in [0.2, 0.25) is 0 Å². The second kappa shape index (κ2) is 14.9. The minimum atomic E-state index is 0.764. The molecule has 0 amide bonds. The Morgan fingerprint density at radius 1 is 0.500 bits per heavy atom. The summed E-state index contributed by atoms with van der Waals surface area (Å²) >= 11 is 0. The standard InChI is InChI=1S/C14H30O2/c1-3-5-7-9-11-15-13-14-16-12-10-8-6-4-2/h3-14H2,1-2H3. The molecule has 0 unspecified atom stereocenters. The zero-order chi connectivity index (χ0) is 11.9. The van der Waals surface area contributed by atoms with Gasteiger partial charge in [0.25, 0.3) is 0 Å². The molecule has 0 fully saturated rings. The molecule has 0 saturated heterocycles. The number of ether oxygens (including phenoxy) is 2. The van der Waals surface area contributed by atoms with E-state index in [4.69, 9.17) is 9.47 Å². The molecule has 0 N–H and O–H groups in total. The van der Waals surface area contributed by atoms with Crippen LogP contribution >= 0.6 is 0 Å². The van der Waals surface area contributed by atoms with Crippen molar-refractivity contribution >= 4 is 0 Å². The van der Waals surface area contributed by atoms with Crippen LogP contribution in [0.1, 0.15) is 65.2 Å². The number of unbranched alkanes of at least 4 members (excludes halogenated alkanes) is 6. The van der Waals surface area contributed by atoms with Crippen LogP contribution in [0.25, 0.3) is 0 Å². The van der Waals surface area contributed by atoms with E-state index in [2.05, 4.69) is 13.8 Å². The average Bonchev–Trinajstić information content (AvgIpc) is 2.31. The van der Waals surface area contributed by atoms with Crippen LogP contribution < -0.4 is 0 Å². The molecule has 2 nitrogen and oxygen atoms in total. The maximum Gasteiger partial charge on any atom is 0.0700 e. The van der Waals surface area contributed by atoms with Gasteiger partial charge in [-0.3, -0.25) is 0 Å². The SMILES string of the molecule is CCCCCCOCCOCCCCCC. The van der Waals surface area contributed by atoms with Crippen molar-refractivity contribution in [2.75, 3.05) is 26.4 Å². The van der Waals surface area contributed by atoms with Crippen LogP contribution in [0.2, 0.25) is 0 Å². The van der Waals surface area contributed by atoms with Crippen molar-refractivity contribution in [2.45, 2.75) is 65.2 Å². The van der Waals surface area contributed by atoms with Gasteiger partial charge in [0.05, 0.1) is 13.2 Å². The number of rotatable bonds is 13. The highest BCUT2D eigenvalue weighted by molar-refractivity contribution is 4.41. The molecule has 0 aliphatic carbocycles. The molecule has 0 aromatic carbocycles. The Kier molecular flexibility index (Phi) is 14.8. The molecule has 0 aliphatic rings. The molecular weight excluding hydrogens is 200 g/mol. The fourth-order valence-electron chi connectivity index (χ4n) is 1.58. The van der Waals surface area contributed by atoms with Crippen LogP contribution in [0.5, 0.6) is 0 Å². The van der Waals surface area contributed by atoms with Crippen LogP contribution in [0.3, 0.4) is 0 Å². The fourth-order valence-corrected chi connectivity index (χ4v) is 1.58. The quantitative estimate of drug-likeness (QED) is 0.442. The van der Waals surface area contributed by atoms with E-state index in [0.717, 1.165) is 26.4 Å². The number of hydrogen-bond acceptors (Lipinski definition) is 2. The Bertz CT molecular complexity index is 101. The van der Waals surface area contributed by atoms with Gasteiger partial charge in [0.1, 0.15) is 0 Å². The summed E-state index contributed by atoms with van der Waals surface area (Å²) in [6, 6.07) is 0. The summed E-state index contributed by atoms with van der Waals surface area (Å²) in [4.78, 5) is 0. The normalized spacial score (nSPS) is 10.9. The third-order valence-electron chi connectivity index (χ3n) is 2.66. The van der Waals surface area contributed by atoms with Crippen LogP contribution in [0.4, 0.5) is 0 Å². The average molecular weight is 230 g/mol. The second-order valence-electron chi connectivity index (χ2n) is 4.35. The number of hydrogen-bond donors (Lipinski definition) is 0. The highest BCUT2D eigenvalue weighted by Crippen LogP contribution is 2.00. The summed E-state index contributed by atoms with van der Waals surface area (Å²) in [5, 5.41) is 0. The first-order valence-corrected chi connectivity index (χ1v) is 7.07. The lowest BCUT2D eigenvalue weighted by atomic mass is 10.2. The van der Waals surface area contributed by atoms with Crippen molar-refractivity contribution in [1.82, 2.24) is 0 Å². The molecule has 0 bridgehead atoms. The van der Waals surface area contributed by atoms with Crippen molar-refractivity contribution in [3.8, 4) is 0 Å². The van der Waals surface area contributed by atoms with Crippen LogP contribution in [-0.4, -0.2) is 26.4 Å². The van der Waals surface area contributed by atoms with E-state index in [1.165, 1.54) is 51.4 Å². The first-order chi connectivity index (χ1) is 7.91. The van der Waals surface area contributed by atoms with Gasteiger partial charge in [0, 0.05) is 13.2 Å². The molecule has 0 heterocycles. The van der Waals surface area contributed by atoms with Gasteiger partial charge < -0.3 is 9.47 Å². The van der Waals surface area contributed by atoms with E-state index >= 15 is 0 Å². The van der Waals surface area contributed by atoms with Crippen molar-refractivity contribution in [1.29, 1.82) is 0 Å². The Labute approximate surface area is 102 Å². The van der Waals surface area contributed by atoms with E-state index in [0.29, 0.717) is 0 Å². The lowest BCUT2D eigenvalue weighted by molar-refractivity contribution is 0.0449. The third kappa shape index (κ3) is 13.9. The first-order valence-electron chi connectivity index (χ1n) is 7.07. The zero-order valence-corrected chi connectivity index (χ0v) is 11.3. The van der Waals surface area contributed by atoms with Crippen LogP contribution in [-0.2, 0) is 9.47 Å². The lowest BCUT2D eigenvalue weighted by Gasteiger charge is -2.05. The Balaban J connectivity index is 2.83. The van der Waals surface area contributed by atoms with Crippen molar-refractivity contribution < 1.29 is 9.47 Å². The lowest BCUT2D eigenvalue weighted by Crippen LogP contribution is -2.06. The maximum atomic E-state index is 5.48. The second-order valence-corrected chi connectivity index (χ2v) is 4.35. The highest BCUT2D eigenvalue weighted by atomic mass is 16.5. The molecule has 0 aliphatic heterocycles. The molecule has 0 rings (SSSR count). The molecule has 0 aromatic rings. The van der Waals surface area contributed by atoms with Gasteiger partial charge >= 0.3 is 0 Å². The molecule has 2 heteroatoms.